The minimum absolute atomic E-state index is 0.0510. The molecule has 2 saturated heterocycles. The van der Waals surface area contributed by atoms with Crippen LogP contribution in [0, 0.1) is 0 Å². The number of carbonyl (C=O) groups is 1. The van der Waals surface area contributed by atoms with Crippen molar-refractivity contribution in [2.75, 3.05) is 26.3 Å². The van der Waals surface area contributed by atoms with Gasteiger partial charge < -0.3 is 18.9 Å². The Bertz CT molecular complexity index is 939. The molecule has 146 valence electrons. The maximum absolute atomic E-state index is 12.6. The van der Waals surface area contributed by atoms with Crippen molar-refractivity contribution in [2.45, 2.75) is 31.1 Å². The lowest BCUT2D eigenvalue weighted by Crippen LogP contribution is -2.31. The SMILES string of the molecule is O=C(CCc1ccsc1)N1C[C@@H]2OCC(n3cnc4ccccc43)CO[C@H]2C1. The molecule has 0 unspecified atom stereocenters. The summed E-state index contributed by atoms with van der Waals surface area (Å²) >= 11 is 1.67. The van der Waals surface area contributed by atoms with Crippen molar-refractivity contribution >= 4 is 28.3 Å². The Morgan fingerprint density at radius 2 is 1.93 bits per heavy atom. The minimum atomic E-state index is -0.0510. The summed E-state index contributed by atoms with van der Waals surface area (Å²) in [4.78, 5) is 18.9. The van der Waals surface area contributed by atoms with E-state index in [0.29, 0.717) is 32.7 Å². The normalized spacial score (nSPS) is 23.1. The van der Waals surface area contributed by atoms with Gasteiger partial charge in [-0.2, -0.15) is 11.3 Å². The number of amides is 1. The van der Waals surface area contributed by atoms with Crippen molar-refractivity contribution in [3.8, 4) is 0 Å². The summed E-state index contributed by atoms with van der Waals surface area (Å²) in [5.41, 5.74) is 3.31. The molecule has 1 aromatic carbocycles. The maximum Gasteiger partial charge on any atom is 0.223 e. The van der Waals surface area contributed by atoms with Crippen LogP contribution in [0.3, 0.4) is 0 Å². The van der Waals surface area contributed by atoms with E-state index < -0.39 is 0 Å². The zero-order valence-electron chi connectivity index (χ0n) is 15.6. The minimum Gasteiger partial charge on any atom is -0.371 e. The third-order valence-corrected chi connectivity index (χ3v) is 6.39. The largest absolute Gasteiger partial charge is 0.371 e. The Kier molecular flexibility index (Phi) is 4.88. The number of hydrogen-bond donors (Lipinski definition) is 0. The van der Waals surface area contributed by atoms with E-state index in [1.165, 1.54) is 5.56 Å². The van der Waals surface area contributed by atoms with Crippen LogP contribution in [-0.4, -0.2) is 58.9 Å². The van der Waals surface area contributed by atoms with Gasteiger partial charge in [0.15, 0.2) is 0 Å². The van der Waals surface area contributed by atoms with E-state index in [4.69, 9.17) is 9.47 Å². The number of imidazole rings is 1. The summed E-state index contributed by atoms with van der Waals surface area (Å²) < 4.78 is 14.5. The molecular weight excluding hydrogens is 374 g/mol. The number of para-hydroxylation sites is 2. The predicted octanol–water partition coefficient (Wildman–Crippen LogP) is 2.90. The van der Waals surface area contributed by atoms with Gasteiger partial charge in [0.2, 0.25) is 5.91 Å². The molecule has 2 aromatic heterocycles. The van der Waals surface area contributed by atoms with Crippen molar-refractivity contribution in [1.82, 2.24) is 14.5 Å². The highest BCUT2D eigenvalue weighted by Gasteiger charge is 2.39. The Balaban J connectivity index is 1.20. The van der Waals surface area contributed by atoms with Gasteiger partial charge in [0, 0.05) is 19.5 Å². The highest BCUT2D eigenvalue weighted by molar-refractivity contribution is 7.07. The molecule has 2 aliphatic heterocycles. The maximum atomic E-state index is 12.6. The van der Waals surface area contributed by atoms with E-state index in [2.05, 4.69) is 32.4 Å². The van der Waals surface area contributed by atoms with E-state index in [-0.39, 0.29) is 24.2 Å². The van der Waals surface area contributed by atoms with Gasteiger partial charge in [-0.1, -0.05) is 12.1 Å². The second kappa shape index (κ2) is 7.66. The Hall–Kier alpha value is -2.22. The molecule has 7 heteroatoms. The van der Waals surface area contributed by atoms with Crippen LogP contribution < -0.4 is 0 Å². The van der Waals surface area contributed by atoms with Crippen LogP contribution in [0.2, 0.25) is 0 Å². The number of carbonyl (C=O) groups excluding carboxylic acids is 1. The molecule has 3 aromatic rings. The molecule has 2 atom stereocenters. The number of benzene rings is 1. The highest BCUT2D eigenvalue weighted by atomic mass is 32.1. The summed E-state index contributed by atoms with van der Waals surface area (Å²) in [6.07, 6.45) is 3.10. The second-order valence-corrected chi connectivity index (χ2v) is 8.25. The molecule has 2 fully saturated rings. The Labute approximate surface area is 167 Å². The smallest absolute Gasteiger partial charge is 0.223 e. The lowest BCUT2D eigenvalue weighted by atomic mass is 10.2. The van der Waals surface area contributed by atoms with E-state index in [1.807, 2.05) is 29.4 Å². The third-order valence-electron chi connectivity index (χ3n) is 5.66. The van der Waals surface area contributed by atoms with E-state index >= 15 is 0 Å². The molecule has 0 aliphatic carbocycles. The summed E-state index contributed by atoms with van der Waals surface area (Å²) in [6.45, 7) is 2.37. The number of rotatable bonds is 4. The Morgan fingerprint density at radius 3 is 2.68 bits per heavy atom. The summed E-state index contributed by atoms with van der Waals surface area (Å²) in [7, 11) is 0. The highest BCUT2D eigenvalue weighted by Crippen LogP contribution is 2.26. The van der Waals surface area contributed by atoms with Crippen molar-refractivity contribution < 1.29 is 14.3 Å². The van der Waals surface area contributed by atoms with E-state index in [0.717, 1.165) is 17.5 Å². The first kappa shape index (κ1) is 17.8. The molecule has 0 bridgehead atoms. The number of likely N-dealkylation sites (tertiary alicyclic amines) is 1. The summed E-state index contributed by atoms with van der Waals surface area (Å²) in [5.74, 6) is 0.184. The lowest BCUT2D eigenvalue weighted by molar-refractivity contribution is -0.131. The first-order chi connectivity index (χ1) is 13.8. The topological polar surface area (TPSA) is 56.6 Å². The monoisotopic (exact) mass is 397 g/mol. The third kappa shape index (κ3) is 3.45. The fourth-order valence-electron chi connectivity index (χ4n) is 4.06. The van der Waals surface area contributed by atoms with Gasteiger partial charge in [-0.05, 0) is 40.9 Å². The van der Waals surface area contributed by atoms with Gasteiger partial charge in [0.1, 0.15) is 12.2 Å². The molecule has 0 N–H and O–H groups in total. The van der Waals surface area contributed by atoms with Gasteiger partial charge in [0.05, 0.1) is 36.6 Å². The Morgan fingerprint density at radius 1 is 1.14 bits per heavy atom. The van der Waals surface area contributed by atoms with Crippen LogP contribution in [0.25, 0.3) is 11.0 Å². The van der Waals surface area contributed by atoms with Gasteiger partial charge in [-0.15, -0.1) is 0 Å². The average molecular weight is 398 g/mol. The van der Waals surface area contributed by atoms with Crippen molar-refractivity contribution in [2.24, 2.45) is 0 Å². The standard InChI is InChI=1S/C21H23N3O3S/c25-21(6-5-15-7-8-28-13-15)23-9-19-20(10-23)27-12-16(11-26-19)24-14-22-17-3-1-2-4-18(17)24/h1-4,7-8,13-14,16,19-20H,5-6,9-12H2/t19-,20-/m0/s1. The first-order valence-electron chi connectivity index (χ1n) is 9.71. The first-order valence-corrected chi connectivity index (χ1v) is 10.7. The summed E-state index contributed by atoms with van der Waals surface area (Å²) in [6, 6.07) is 10.3. The number of aryl methyl sites for hydroxylation is 1. The number of thiophene rings is 1. The number of aromatic nitrogens is 2. The fraction of sp³-hybridized carbons (Fsp3) is 0.429. The lowest BCUT2D eigenvalue weighted by Gasteiger charge is -2.20. The molecule has 28 heavy (non-hydrogen) atoms. The van der Waals surface area contributed by atoms with Crippen LogP contribution in [0.5, 0.6) is 0 Å². The zero-order chi connectivity index (χ0) is 18.9. The van der Waals surface area contributed by atoms with Crippen LogP contribution in [0.1, 0.15) is 18.0 Å². The van der Waals surface area contributed by atoms with Gasteiger partial charge >= 0.3 is 0 Å². The van der Waals surface area contributed by atoms with Crippen LogP contribution in [-0.2, 0) is 20.7 Å². The number of ether oxygens (including phenoxy) is 2. The molecular formula is C21H23N3O3S. The quantitative estimate of drug-likeness (QED) is 0.679. The number of nitrogens with zero attached hydrogens (tertiary/aromatic N) is 3. The predicted molar refractivity (Wildman–Crippen MR) is 107 cm³/mol. The van der Waals surface area contributed by atoms with Gasteiger partial charge in [-0.25, -0.2) is 4.98 Å². The molecule has 0 spiro atoms. The number of fused-ring (bicyclic) bond motifs is 2. The molecule has 1 amide bonds. The van der Waals surface area contributed by atoms with Gasteiger partial charge in [0.25, 0.3) is 0 Å². The average Bonchev–Trinajstić information content (AvgIpc) is 3.45. The van der Waals surface area contributed by atoms with Crippen molar-refractivity contribution in [3.05, 3.63) is 53.0 Å². The van der Waals surface area contributed by atoms with Crippen molar-refractivity contribution in [3.63, 3.8) is 0 Å². The summed E-state index contributed by atoms with van der Waals surface area (Å²) in [5, 5.41) is 4.16. The molecule has 0 radical (unpaired) electrons. The van der Waals surface area contributed by atoms with Gasteiger partial charge in [-0.3, -0.25) is 4.79 Å². The van der Waals surface area contributed by atoms with Crippen molar-refractivity contribution in [1.29, 1.82) is 0 Å². The second-order valence-electron chi connectivity index (χ2n) is 7.47. The van der Waals surface area contributed by atoms with E-state index in [1.54, 1.807) is 11.3 Å². The van der Waals surface area contributed by atoms with Crippen LogP contribution >= 0.6 is 11.3 Å². The van der Waals surface area contributed by atoms with Crippen LogP contribution in [0.4, 0.5) is 0 Å². The molecule has 5 rings (SSSR count). The van der Waals surface area contributed by atoms with Crippen LogP contribution in [0.15, 0.2) is 47.4 Å². The number of hydrogen-bond acceptors (Lipinski definition) is 5. The molecule has 6 nitrogen and oxygen atoms in total. The molecule has 0 saturated carbocycles. The molecule has 2 aliphatic rings. The zero-order valence-corrected chi connectivity index (χ0v) is 16.4. The van der Waals surface area contributed by atoms with E-state index in [9.17, 15) is 4.79 Å². The fourth-order valence-corrected chi connectivity index (χ4v) is 4.76. The molecule has 4 heterocycles.